The van der Waals surface area contributed by atoms with Gasteiger partial charge in [0.1, 0.15) is 0 Å². The lowest BCUT2D eigenvalue weighted by molar-refractivity contribution is 0.312. The van der Waals surface area contributed by atoms with Crippen molar-refractivity contribution in [2.75, 3.05) is 11.9 Å². The van der Waals surface area contributed by atoms with Crippen LogP contribution < -0.4 is 10.1 Å². The number of nitrogens with one attached hydrogen (secondary N) is 1. The standard InChI is InChI=1S/C13H23ClN4O/c1-5-19-13-17-11(14)16-12(18-13)15-10(4)8-6-7-9(2)3/h9-10H,5-8H2,1-4H3,(H,15,16,17,18). The van der Waals surface area contributed by atoms with Crippen molar-refractivity contribution in [1.29, 1.82) is 0 Å². The number of halogens is 1. The quantitative estimate of drug-likeness (QED) is 0.792. The molecule has 0 bridgehead atoms. The summed E-state index contributed by atoms with van der Waals surface area (Å²) in [5.41, 5.74) is 0. The van der Waals surface area contributed by atoms with Crippen molar-refractivity contribution in [2.45, 2.75) is 53.0 Å². The third-order valence-corrected chi connectivity index (χ3v) is 2.82. The molecule has 0 saturated heterocycles. The highest BCUT2D eigenvalue weighted by atomic mass is 35.5. The molecule has 0 saturated carbocycles. The van der Waals surface area contributed by atoms with Crippen molar-refractivity contribution in [3.05, 3.63) is 5.28 Å². The molecule has 0 spiro atoms. The first kappa shape index (κ1) is 16.0. The third-order valence-electron chi connectivity index (χ3n) is 2.66. The van der Waals surface area contributed by atoms with Crippen LogP contribution in [-0.4, -0.2) is 27.6 Å². The van der Waals surface area contributed by atoms with E-state index in [1.165, 1.54) is 12.8 Å². The van der Waals surface area contributed by atoms with Crippen LogP contribution in [0.3, 0.4) is 0 Å². The minimum absolute atomic E-state index is 0.148. The Hall–Kier alpha value is -1.10. The summed E-state index contributed by atoms with van der Waals surface area (Å²) in [6, 6.07) is 0.561. The normalized spacial score (nSPS) is 12.5. The van der Waals surface area contributed by atoms with Gasteiger partial charge in [-0.3, -0.25) is 0 Å². The zero-order valence-electron chi connectivity index (χ0n) is 12.1. The number of rotatable bonds is 8. The number of anilines is 1. The predicted octanol–water partition coefficient (Wildman–Crippen LogP) is 3.55. The van der Waals surface area contributed by atoms with Gasteiger partial charge in [-0.15, -0.1) is 0 Å². The van der Waals surface area contributed by atoms with E-state index in [-0.39, 0.29) is 11.3 Å². The molecule has 0 aliphatic carbocycles. The van der Waals surface area contributed by atoms with E-state index in [9.17, 15) is 0 Å². The molecule has 0 fully saturated rings. The monoisotopic (exact) mass is 286 g/mol. The molecule has 6 heteroatoms. The Balaban J connectivity index is 2.51. The van der Waals surface area contributed by atoms with Crippen LogP contribution in [-0.2, 0) is 0 Å². The average molecular weight is 287 g/mol. The Bertz CT molecular complexity index is 387. The number of aromatic nitrogens is 3. The van der Waals surface area contributed by atoms with Crippen LogP contribution in [0.5, 0.6) is 6.01 Å². The first-order valence-electron chi connectivity index (χ1n) is 6.82. The van der Waals surface area contributed by atoms with E-state index in [2.05, 4.69) is 41.0 Å². The summed E-state index contributed by atoms with van der Waals surface area (Å²) in [6.07, 6.45) is 3.49. The number of nitrogens with zero attached hydrogens (tertiary/aromatic N) is 3. The van der Waals surface area contributed by atoms with Gasteiger partial charge in [0.25, 0.3) is 0 Å². The molecule has 1 aromatic rings. The van der Waals surface area contributed by atoms with Gasteiger partial charge in [0.05, 0.1) is 6.61 Å². The van der Waals surface area contributed by atoms with Crippen LogP contribution in [0.15, 0.2) is 0 Å². The lowest BCUT2D eigenvalue weighted by Crippen LogP contribution is -2.18. The van der Waals surface area contributed by atoms with Crippen LogP contribution >= 0.6 is 11.6 Å². The van der Waals surface area contributed by atoms with Gasteiger partial charge in [-0.05, 0) is 37.8 Å². The Morgan fingerprint density at radius 1 is 1.16 bits per heavy atom. The van der Waals surface area contributed by atoms with Gasteiger partial charge in [-0.1, -0.05) is 26.7 Å². The van der Waals surface area contributed by atoms with E-state index in [4.69, 9.17) is 16.3 Å². The minimum Gasteiger partial charge on any atom is -0.464 e. The van der Waals surface area contributed by atoms with Crippen molar-refractivity contribution < 1.29 is 4.74 Å². The van der Waals surface area contributed by atoms with Gasteiger partial charge < -0.3 is 10.1 Å². The molecule has 1 aromatic heterocycles. The van der Waals surface area contributed by atoms with Crippen molar-refractivity contribution in [3.8, 4) is 6.01 Å². The summed E-state index contributed by atoms with van der Waals surface area (Å²) in [6.45, 7) is 8.96. The topological polar surface area (TPSA) is 59.9 Å². The fraction of sp³-hybridized carbons (Fsp3) is 0.769. The summed E-state index contributed by atoms with van der Waals surface area (Å²) < 4.78 is 5.23. The molecule has 1 N–H and O–H groups in total. The van der Waals surface area contributed by atoms with E-state index in [0.717, 1.165) is 12.3 Å². The Kier molecular flexibility index (Phi) is 6.84. The minimum atomic E-state index is 0.148. The van der Waals surface area contributed by atoms with Gasteiger partial charge in [0, 0.05) is 6.04 Å². The zero-order chi connectivity index (χ0) is 14.3. The molecule has 1 heterocycles. The summed E-state index contributed by atoms with van der Waals surface area (Å²) in [5, 5.41) is 3.38. The fourth-order valence-corrected chi connectivity index (χ4v) is 1.87. The molecule has 0 amide bonds. The Labute approximate surface area is 120 Å². The molecule has 19 heavy (non-hydrogen) atoms. The zero-order valence-corrected chi connectivity index (χ0v) is 12.9. The highest BCUT2D eigenvalue weighted by molar-refractivity contribution is 6.28. The predicted molar refractivity (Wildman–Crippen MR) is 77.8 cm³/mol. The van der Waals surface area contributed by atoms with Crippen molar-refractivity contribution in [1.82, 2.24) is 15.0 Å². The Morgan fingerprint density at radius 2 is 1.89 bits per heavy atom. The molecule has 1 rings (SSSR count). The first-order valence-corrected chi connectivity index (χ1v) is 7.20. The molecule has 0 radical (unpaired) electrons. The molecule has 0 aliphatic heterocycles. The van der Waals surface area contributed by atoms with Crippen LogP contribution in [0.4, 0.5) is 5.95 Å². The third kappa shape index (κ3) is 6.57. The summed E-state index contributed by atoms with van der Waals surface area (Å²) in [4.78, 5) is 12.1. The second-order valence-corrected chi connectivity index (χ2v) is 5.35. The maximum atomic E-state index is 5.83. The van der Waals surface area contributed by atoms with E-state index < -0.39 is 0 Å². The summed E-state index contributed by atoms with van der Waals surface area (Å²) in [5.74, 6) is 1.21. The van der Waals surface area contributed by atoms with E-state index in [0.29, 0.717) is 18.6 Å². The van der Waals surface area contributed by atoms with Crippen LogP contribution in [0, 0.1) is 5.92 Å². The molecule has 108 valence electrons. The highest BCUT2D eigenvalue weighted by Gasteiger charge is 2.09. The number of hydrogen-bond donors (Lipinski definition) is 1. The summed E-state index contributed by atoms with van der Waals surface area (Å²) >= 11 is 5.83. The van der Waals surface area contributed by atoms with Crippen molar-refractivity contribution in [3.63, 3.8) is 0 Å². The Morgan fingerprint density at radius 3 is 2.53 bits per heavy atom. The molecule has 0 aliphatic rings. The van der Waals surface area contributed by atoms with Gasteiger partial charge in [0.2, 0.25) is 11.2 Å². The van der Waals surface area contributed by atoms with Crippen LogP contribution in [0.1, 0.15) is 47.0 Å². The molecular weight excluding hydrogens is 264 g/mol. The molecule has 1 unspecified atom stereocenters. The lowest BCUT2D eigenvalue weighted by atomic mass is 10.0. The first-order chi connectivity index (χ1) is 9.01. The largest absolute Gasteiger partial charge is 0.464 e. The molecule has 5 nitrogen and oxygen atoms in total. The lowest BCUT2D eigenvalue weighted by Gasteiger charge is -2.14. The SMILES string of the molecule is CCOc1nc(Cl)nc(NC(C)CCCC(C)C)n1. The van der Waals surface area contributed by atoms with Crippen molar-refractivity contribution >= 4 is 17.5 Å². The van der Waals surface area contributed by atoms with Gasteiger partial charge in [0.15, 0.2) is 0 Å². The second-order valence-electron chi connectivity index (χ2n) is 5.01. The number of hydrogen-bond acceptors (Lipinski definition) is 5. The van der Waals surface area contributed by atoms with E-state index in [1.807, 2.05) is 6.92 Å². The van der Waals surface area contributed by atoms with Gasteiger partial charge in [-0.2, -0.15) is 15.0 Å². The van der Waals surface area contributed by atoms with Gasteiger partial charge in [-0.25, -0.2) is 0 Å². The maximum Gasteiger partial charge on any atom is 0.322 e. The van der Waals surface area contributed by atoms with Crippen LogP contribution in [0.25, 0.3) is 0 Å². The fourth-order valence-electron chi connectivity index (χ4n) is 1.71. The smallest absolute Gasteiger partial charge is 0.322 e. The molecular formula is C13H23ClN4O. The average Bonchev–Trinajstić information content (AvgIpc) is 2.27. The summed E-state index contributed by atoms with van der Waals surface area (Å²) in [7, 11) is 0. The number of ether oxygens (including phenoxy) is 1. The van der Waals surface area contributed by atoms with E-state index in [1.54, 1.807) is 0 Å². The van der Waals surface area contributed by atoms with Gasteiger partial charge >= 0.3 is 6.01 Å². The van der Waals surface area contributed by atoms with E-state index >= 15 is 0 Å². The van der Waals surface area contributed by atoms with Crippen molar-refractivity contribution in [2.24, 2.45) is 5.92 Å². The second kappa shape index (κ2) is 8.15. The van der Waals surface area contributed by atoms with Crippen LogP contribution in [0.2, 0.25) is 5.28 Å². The molecule has 1 atom stereocenters. The maximum absolute atomic E-state index is 5.83. The molecule has 0 aromatic carbocycles. The highest BCUT2D eigenvalue weighted by Crippen LogP contribution is 2.14.